The van der Waals surface area contributed by atoms with Gasteiger partial charge in [-0.25, -0.2) is 4.39 Å². The normalized spacial score (nSPS) is 10.6. The number of hydrogen-bond donors (Lipinski definition) is 2. The summed E-state index contributed by atoms with van der Waals surface area (Å²) < 4.78 is 13.5. The Bertz CT molecular complexity index is 747. The van der Waals surface area contributed by atoms with Crippen LogP contribution in [0.3, 0.4) is 0 Å². The molecule has 2 rings (SSSR count). The van der Waals surface area contributed by atoms with Gasteiger partial charge in [0.1, 0.15) is 5.82 Å². The summed E-state index contributed by atoms with van der Waals surface area (Å²) in [6, 6.07) is 13.5. The highest BCUT2D eigenvalue weighted by Gasteiger charge is 2.12. The van der Waals surface area contributed by atoms with Gasteiger partial charge in [0.15, 0.2) is 0 Å². The maximum atomic E-state index is 13.5. The first-order valence-electron chi connectivity index (χ1n) is 7.98. The molecule has 0 aromatic heterocycles. The molecular weight excluding hydrogens is 321 g/mol. The minimum absolute atomic E-state index is 0.0772. The number of rotatable bonds is 7. The molecule has 0 saturated carbocycles. The second-order valence-electron chi connectivity index (χ2n) is 5.95. The van der Waals surface area contributed by atoms with Crippen LogP contribution in [0.25, 0.3) is 0 Å². The predicted molar refractivity (Wildman–Crippen MR) is 94.4 cm³/mol. The first kappa shape index (κ1) is 18.6. The van der Waals surface area contributed by atoms with Gasteiger partial charge in [0, 0.05) is 13.1 Å². The third-order valence-corrected chi connectivity index (χ3v) is 3.61. The molecular formula is C19H22FN3O2. The molecule has 0 aliphatic heterocycles. The zero-order valence-corrected chi connectivity index (χ0v) is 14.4. The van der Waals surface area contributed by atoms with Gasteiger partial charge in [0.25, 0.3) is 5.91 Å². The molecule has 0 unspecified atom stereocenters. The van der Waals surface area contributed by atoms with Crippen molar-refractivity contribution >= 4 is 11.8 Å². The molecule has 0 aliphatic carbocycles. The summed E-state index contributed by atoms with van der Waals surface area (Å²) >= 11 is 0. The fraction of sp³-hybridized carbons (Fsp3) is 0.263. The number of carbonyl (C=O) groups is 2. The average Bonchev–Trinajstić information content (AvgIpc) is 2.59. The molecule has 0 radical (unpaired) electrons. The van der Waals surface area contributed by atoms with Crippen LogP contribution in [0.4, 0.5) is 4.39 Å². The van der Waals surface area contributed by atoms with Crippen LogP contribution in [0.5, 0.6) is 0 Å². The lowest BCUT2D eigenvalue weighted by Crippen LogP contribution is -2.37. The standard InChI is InChI=1S/C19H22FN3O2/c1-23(2)13-15-8-4-3-7-14(15)11-21-18(24)12-22-19(25)16-9-5-6-10-17(16)20/h3-10H,11-13H2,1-2H3,(H,21,24)(H,22,25). The molecule has 2 N–H and O–H groups in total. The SMILES string of the molecule is CN(C)Cc1ccccc1CNC(=O)CNC(=O)c1ccccc1F. The van der Waals surface area contributed by atoms with Crippen molar-refractivity contribution in [2.45, 2.75) is 13.1 Å². The number of carbonyl (C=O) groups excluding carboxylic acids is 2. The fourth-order valence-corrected chi connectivity index (χ4v) is 2.38. The van der Waals surface area contributed by atoms with Gasteiger partial charge in [-0.2, -0.15) is 0 Å². The Hall–Kier alpha value is -2.73. The number of benzene rings is 2. The van der Waals surface area contributed by atoms with Gasteiger partial charge in [-0.3, -0.25) is 9.59 Å². The van der Waals surface area contributed by atoms with Crippen molar-refractivity contribution in [3.8, 4) is 0 Å². The Morgan fingerprint density at radius 3 is 2.28 bits per heavy atom. The van der Waals surface area contributed by atoms with Gasteiger partial charge in [-0.05, 0) is 37.4 Å². The van der Waals surface area contributed by atoms with Crippen molar-refractivity contribution in [1.29, 1.82) is 0 Å². The van der Waals surface area contributed by atoms with E-state index in [0.29, 0.717) is 6.54 Å². The van der Waals surface area contributed by atoms with Crippen LogP contribution in [-0.4, -0.2) is 37.4 Å². The van der Waals surface area contributed by atoms with E-state index in [2.05, 4.69) is 15.5 Å². The highest BCUT2D eigenvalue weighted by molar-refractivity contribution is 5.96. The largest absolute Gasteiger partial charge is 0.350 e. The summed E-state index contributed by atoms with van der Waals surface area (Å²) in [5.74, 6) is -1.55. The number of amides is 2. The van der Waals surface area contributed by atoms with Crippen molar-refractivity contribution < 1.29 is 14.0 Å². The Kier molecular flexibility index (Phi) is 6.65. The Labute approximate surface area is 146 Å². The molecule has 0 fully saturated rings. The Balaban J connectivity index is 1.85. The van der Waals surface area contributed by atoms with Crippen LogP contribution in [-0.2, 0) is 17.9 Å². The van der Waals surface area contributed by atoms with Crippen LogP contribution in [0, 0.1) is 5.82 Å². The lowest BCUT2D eigenvalue weighted by Gasteiger charge is -2.14. The predicted octanol–water partition coefficient (Wildman–Crippen LogP) is 1.93. The van der Waals surface area contributed by atoms with Crippen molar-refractivity contribution in [3.63, 3.8) is 0 Å². The van der Waals surface area contributed by atoms with E-state index in [1.807, 2.05) is 38.4 Å². The minimum Gasteiger partial charge on any atom is -0.350 e. The fourth-order valence-electron chi connectivity index (χ4n) is 2.38. The summed E-state index contributed by atoms with van der Waals surface area (Å²) in [5.41, 5.74) is 2.07. The van der Waals surface area contributed by atoms with E-state index < -0.39 is 11.7 Å². The number of nitrogens with zero attached hydrogens (tertiary/aromatic N) is 1. The van der Waals surface area contributed by atoms with E-state index in [9.17, 15) is 14.0 Å². The molecule has 6 heteroatoms. The Morgan fingerprint density at radius 1 is 0.960 bits per heavy atom. The molecule has 2 aromatic rings. The van der Waals surface area contributed by atoms with Crippen molar-refractivity contribution in [3.05, 3.63) is 71.0 Å². The molecule has 132 valence electrons. The second-order valence-corrected chi connectivity index (χ2v) is 5.95. The van der Waals surface area contributed by atoms with Gasteiger partial charge in [-0.15, -0.1) is 0 Å². The van der Waals surface area contributed by atoms with Crippen LogP contribution >= 0.6 is 0 Å². The molecule has 0 atom stereocenters. The molecule has 5 nitrogen and oxygen atoms in total. The zero-order chi connectivity index (χ0) is 18.2. The monoisotopic (exact) mass is 343 g/mol. The van der Waals surface area contributed by atoms with E-state index in [4.69, 9.17) is 0 Å². The van der Waals surface area contributed by atoms with Crippen LogP contribution in [0.1, 0.15) is 21.5 Å². The number of hydrogen-bond acceptors (Lipinski definition) is 3. The summed E-state index contributed by atoms with van der Waals surface area (Å²) in [4.78, 5) is 25.9. The van der Waals surface area contributed by atoms with E-state index in [1.54, 1.807) is 6.07 Å². The maximum absolute atomic E-state index is 13.5. The van der Waals surface area contributed by atoms with Gasteiger partial charge < -0.3 is 15.5 Å². The lowest BCUT2D eigenvalue weighted by molar-refractivity contribution is -0.120. The van der Waals surface area contributed by atoms with E-state index >= 15 is 0 Å². The van der Waals surface area contributed by atoms with Gasteiger partial charge in [-0.1, -0.05) is 36.4 Å². The third kappa shape index (κ3) is 5.69. The molecule has 2 amide bonds. The first-order valence-corrected chi connectivity index (χ1v) is 7.98. The highest BCUT2D eigenvalue weighted by Crippen LogP contribution is 2.10. The van der Waals surface area contributed by atoms with Crippen molar-refractivity contribution in [1.82, 2.24) is 15.5 Å². The Morgan fingerprint density at radius 2 is 1.60 bits per heavy atom. The molecule has 0 bridgehead atoms. The molecule has 2 aromatic carbocycles. The molecule has 0 saturated heterocycles. The van der Waals surface area contributed by atoms with E-state index in [-0.39, 0.29) is 18.0 Å². The zero-order valence-electron chi connectivity index (χ0n) is 14.4. The van der Waals surface area contributed by atoms with Gasteiger partial charge in [0.2, 0.25) is 5.91 Å². The first-order chi connectivity index (χ1) is 12.0. The summed E-state index contributed by atoms with van der Waals surface area (Å²) in [6.45, 7) is 0.942. The lowest BCUT2D eigenvalue weighted by atomic mass is 10.1. The maximum Gasteiger partial charge on any atom is 0.254 e. The van der Waals surface area contributed by atoms with E-state index in [1.165, 1.54) is 18.2 Å². The van der Waals surface area contributed by atoms with Crippen LogP contribution in [0.15, 0.2) is 48.5 Å². The minimum atomic E-state index is -0.613. The van der Waals surface area contributed by atoms with Crippen LogP contribution in [0.2, 0.25) is 0 Å². The molecule has 0 spiro atoms. The van der Waals surface area contributed by atoms with Crippen LogP contribution < -0.4 is 10.6 Å². The van der Waals surface area contributed by atoms with Crippen molar-refractivity contribution in [2.24, 2.45) is 0 Å². The summed E-state index contributed by atoms with van der Waals surface area (Å²) in [7, 11) is 3.96. The van der Waals surface area contributed by atoms with E-state index in [0.717, 1.165) is 17.7 Å². The molecule has 0 heterocycles. The third-order valence-electron chi connectivity index (χ3n) is 3.61. The topological polar surface area (TPSA) is 61.4 Å². The summed E-state index contributed by atoms with van der Waals surface area (Å²) in [5, 5.41) is 5.19. The van der Waals surface area contributed by atoms with Crippen molar-refractivity contribution in [2.75, 3.05) is 20.6 Å². The highest BCUT2D eigenvalue weighted by atomic mass is 19.1. The molecule has 0 aliphatic rings. The quantitative estimate of drug-likeness (QED) is 0.808. The molecule has 25 heavy (non-hydrogen) atoms. The van der Waals surface area contributed by atoms with Gasteiger partial charge in [0.05, 0.1) is 12.1 Å². The number of halogens is 1. The average molecular weight is 343 g/mol. The smallest absolute Gasteiger partial charge is 0.254 e. The summed E-state index contributed by atoms with van der Waals surface area (Å²) in [6.07, 6.45) is 0. The second kappa shape index (κ2) is 8.94. The number of nitrogens with one attached hydrogen (secondary N) is 2. The van der Waals surface area contributed by atoms with Gasteiger partial charge >= 0.3 is 0 Å².